The third kappa shape index (κ3) is 5.09. The summed E-state index contributed by atoms with van der Waals surface area (Å²) in [7, 11) is 1.82. The van der Waals surface area contributed by atoms with Crippen molar-refractivity contribution in [3.63, 3.8) is 0 Å². The van der Waals surface area contributed by atoms with E-state index in [1.165, 1.54) is 37.0 Å². The fraction of sp³-hybridized carbons (Fsp3) is 0.650. The van der Waals surface area contributed by atoms with E-state index in [1.54, 1.807) is 0 Å². The molecule has 27 heavy (non-hydrogen) atoms. The molecule has 3 rings (SSSR count). The molecule has 0 radical (unpaired) electrons. The molecule has 1 aliphatic carbocycles. The number of hydrogen-bond donors (Lipinski definition) is 2. The lowest BCUT2D eigenvalue weighted by molar-refractivity contribution is 0.296. The van der Waals surface area contributed by atoms with Gasteiger partial charge >= 0.3 is 0 Å². The Balaban J connectivity index is 1.52. The summed E-state index contributed by atoms with van der Waals surface area (Å²) in [6, 6.07) is 4.45. The van der Waals surface area contributed by atoms with Gasteiger partial charge in [0.05, 0.1) is 0 Å². The van der Waals surface area contributed by atoms with Crippen molar-refractivity contribution in [1.82, 2.24) is 20.8 Å². The van der Waals surface area contributed by atoms with E-state index in [4.69, 9.17) is 4.52 Å². The highest BCUT2D eigenvalue weighted by atomic mass is 32.1. The summed E-state index contributed by atoms with van der Waals surface area (Å²) in [6.07, 6.45) is 7.15. The van der Waals surface area contributed by atoms with Crippen LogP contribution in [0.4, 0.5) is 0 Å². The van der Waals surface area contributed by atoms with Gasteiger partial charge in [-0.2, -0.15) is 4.98 Å². The van der Waals surface area contributed by atoms with Crippen molar-refractivity contribution < 1.29 is 4.52 Å². The number of rotatable bonds is 7. The molecular weight excluding hydrogens is 358 g/mol. The predicted molar refractivity (Wildman–Crippen MR) is 111 cm³/mol. The molecule has 2 aromatic rings. The zero-order valence-corrected chi connectivity index (χ0v) is 17.4. The monoisotopic (exact) mass is 389 g/mol. The van der Waals surface area contributed by atoms with Crippen molar-refractivity contribution in [3.8, 4) is 0 Å². The quantitative estimate of drug-likeness (QED) is 0.555. The summed E-state index contributed by atoms with van der Waals surface area (Å²) >= 11 is 1.88. The van der Waals surface area contributed by atoms with Crippen molar-refractivity contribution in [1.29, 1.82) is 0 Å². The Bertz CT molecular complexity index is 717. The molecule has 0 aliphatic heterocycles. The van der Waals surface area contributed by atoms with E-state index in [2.05, 4.69) is 57.1 Å². The van der Waals surface area contributed by atoms with E-state index in [1.807, 2.05) is 18.4 Å². The molecule has 1 fully saturated rings. The van der Waals surface area contributed by atoms with Crippen LogP contribution in [0.15, 0.2) is 27.0 Å². The second-order valence-corrected chi connectivity index (χ2v) is 8.57. The maximum Gasteiger partial charge on any atom is 0.228 e. The van der Waals surface area contributed by atoms with Gasteiger partial charge in [0, 0.05) is 42.8 Å². The Hall–Kier alpha value is -1.89. The van der Waals surface area contributed by atoms with Crippen molar-refractivity contribution >= 4 is 17.3 Å². The minimum atomic E-state index is 0.239. The second kappa shape index (κ2) is 9.35. The van der Waals surface area contributed by atoms with Crippen LogP contribution in [0, 0.1) is 0 Å². The van der Waals surface area contributed by atoms with Crippen LogP contribution < -0.4 is 10.6 Å². The molecule has 148 valence electrons. The van der Waals surface area contributed by atoms with Crippen LogP contribution in [0.2, 0.25) is 0 Å². The van der Waals surface area contributed by atoms with Gasteiger partial charge < -0.3 is 15.2 Å². The van der Waals surface area contributed by atoms with Gasteiger partial charge in [-0.05, 0) is 24.3 Å². The van der Waals surface area contributed by atoms with Crippen LogP contribution in [0.25, 0.3) is 0 Å². The van der Waals surface area contributed by atoms with Crippen LogP contribution >= 0.6 is 11.3 Å². The van der Waals surface area contributed by atoms with Crippen molar-refractivity contribution in [3.05, 3.63) is 34.1 Å². The molecule has 0 atom stereocenters. The summed E-state index contributed by atoms with van der Waals surface area (Å²) in [6.45, 7) is 5.76. The molecule has 1 aliphatic rings. The first-order valence-corrected chi connectivity index (χ1v) is 10.8. The molecule has 1 saturated carbocycles. The van der Waals surface area contributed by atoms with E-state index in [9.17, 15) is 0 Å². The average molecular weight is 390 g/mol. The number of guanidine groups is 1. The third-order valence-corrected chi connectivity index (χ3v) is 6.42. The van der Waals surface area contributed by atoms with Gasteiger partial charge in [-0.15, -0.1) is 11.3 Å². The van der Waals surface area contributed by atoms with E-state index in [0.29, 0.717) is 18.9 Å². The number of aromatic nitrogens is 2. The Kier molecular flexibility index (Phi) is 6.88. The minimum Gasteiger partial charge on any atom is -0.356 e. The number of nitrogens with zero attached hydrogens (tertiary/aromatic N) is 3. The number of nitrogens with one attached hydrogen (secondary N) is 2. The molecule has 2 N–H and O–H groups in total. The van der Waals surface area contributed by atoms with E-state index in [-0.39, 0.29) is 11.3 Å². The summed E-state index contributed by atoms with van der Waals surface area (Å²) < 4.78 is 5.30. The molecule has 0 amide bonds. The van der Waals surface area contributed by atoms with E-state index >= 15 is 0 Å². The standard InChI is InChI=1S/C20H31N5OS/c1-15(2)18-24-17(26-25-18)9-12-22-19(21-3)23-14-20(10-5-4-6-11-20)16-8-7-13-27-16/h7-8,13,15H,4-6,9-12,14H2,1-3H3,(H2,21,22,23). The van der Waals surface area contributed by atoms with Crippen LogP contribution in [-0.2, 0) is 11.8 Å². The van der Waals surface area contributed by atoms with Crippen LogP contribution in [0.5, 0.6) is 0 Å². The zero-order valence-electron chi connectivity index (χ0n) is 16.6. The van der Waals surface area contributed by atoms with Gasteiger partial charge in [-0.25, -0.2) is 0 Å². The van der Waals surface area contributed by atoms with Gasteiger partial charge in [0.15, 0.2) is 11.8 Å². The van der Waals surface area contributed by atoms with Crippen LogP contribution in [0.3, 0.4) is 0 Å². The third-order valence-electron chi connectivity index (χ3n) is 5.30. The summed E-state index contributed by atoms with van der Waals surface area (Å²) in [4.78, 5) is 10.3. The lowest BCUT2D eigenvalue weighted by Crippen LogP contribution is -2.46. The molecule has 2 heterocycles. The maximum atomic E-state index is 5.30. The first kappa shape index (κ1) is 19.9. The highest BCUT2D eigenvalue weighted by Gasteiger charge is 2.34. The minimum absolute atomic E-state index is 0.239. The van der Waals surface area contributed by atoms with Crippen LogP contribution in [0.1, 0.15) is 68.5 Å². The smallest absolute Gasteiger partial charge is 0.228 e. The number of thiophene rings is 1. The molecule has 0 spiro atoms. The molecule has 6 nitrogen and oxygen atoms in total. The molecule has 0 bridgehead atoms. The van der Waals surface area contributed by atoms with Crippen LogP contribution in [-0.4, -0.2) is 36.2 Å². The second-order valence-electron chi connectivity index (χ2n) is 7.62. The number of aliphatic imine (C=N–C) groups is 1. The summed E-state index contributed by atoms with van der Waals surface area (Å²) in [5.74, 6) is 2.56. The average Bonchev–Trinajstić information content (AvgIpc) is 3.37. The van der Waals surface area contributed by atoms with Gasteiger partial charge in [0.2, 0.25) is 5.89 Å². The Morgan fingerprint density at radius 1 is 1.30 bits per heavy atom. The lowest BCUT2D eigenvalue weighted by Gasteiger charge is -2.37. The molecular formula is C20H31N5OS. The van der Waals surface area contributed by atoms with Gasteiger partial charge in [0.25, 0.3) is 0 Å². The van der Waals surface area contributed by atoms with Gasteiger partial charge in [-0.3, -0.25) is 4.99 Å². The Morgan fingerprint density at radius 3 is 2.74 bits per heavy atom. The number of hydrogen-bond acceptors (Lipinski definition) is 5. The largest absolute Gasteiger partial charge is 0.356 e. The Labute approximate surface area is 165 Å². The van der Waals surface area contributed by atoms with Gasteiger partial charge in [0.1, 0.15) is 0 Å². The Morgan fingerprint density at radius 2 is 2.11 bits per heavy atom. The first-order chi connectivity index (χ1) is 13.1. The first-order valence-electron chi connectivity index (χ1n) is 9.94. The molecule has 0 aromatic carbocycles. The van der Waals surface area contributed by atoms with Gasteiger partial charge in [-0.1, -0.05) is 44.3 Å². The topological polar surface area (TPSA) is 75.3 Å². The molecule has 2 aromatic heterocycles. The molecule has 7 heteroatoms. The van der Waals surface area contributed by atoms with Crippen molar-refractivity contribution in [2.45, 2.75) is 63.7 Å². The maximum absolute atomic E-state index is 5.30. The lowest BCUT2D eigenvalue weighted by atomic mass is 9.73. The SMILES string of the molecule is CN=C(NCCc1nc(C(C)C)no1)NCC1(c2cccs2)CCCCC1. The van der Waals surface area contributed by atoms with Crippen molar-refractivity contribution in [2.75, 3.05) is 20.1 Å². The fourth-order valence-corrected chi connectivity index (χ4v) is 4.67. The highest BCUT2D eigenvalue weighted by molar-refractivity contribution is 7.10. The molecule has 0 unspecified atom stereocenters. The van der Waals surface area contributed by atoms with E-state index < -0.39 is 0 Å². The highest BCUT2D eigenvalue weighted by Crippen LogP contribution is 2.41. The molecule has 0 saturated heterocycles. The summed E-state index contributed by atoms with van der Waals surface area (Å²) in [5, 5.41) is 13.1. The zero-order chi connectivity index (χ0) is 19.1. The van der Waals surface area contributed by atoms with E-state index in [0.717, 1.165) is 18.3 Å². The van der Waals surface area contributed by atoms with Crippen molar-refractivity contribution in [2.24, 2.45) is 4.99 Å². The predicted octanol–water partition coefficient (Wildman–Crippen LogP) is 3.86. The summed E-state index contributed by atoms with van der Waals surface area (Å²) in [5.41, 5.74) is 0.239. The normalized spacial score (nSPS) is 17.3. The fourth-order valence-electron chi connectivity index (χ4n) is 3.68.